The predicted molar refractivity (Wildman–Crippen MR) is 101 cm³/mol. The fraction of sp³-hybridized carbons (Fsp3) is 0.227. The third kappa shape index (κ3) is 3.88. The minimum Gasteiger partial charge on any atom is -0.489 e. The summed E-state index contributed by atoms with van der Waals surface area (Å²) < 4.78 is 17.6. The normalized spacial score (nSPS) is 18.3. The fourth-order valence-electron chi connectivity index (χ4n) is 3.04. The Hall–Kier alpha value is -3.05. The third-order valence-corrected chi connectivity index (χ3v) is 4.54. The highest BCUT2D eigenvalue weighted by atomic mass is 16.5. The number of aromatic nitrogens is 1. The number of pyridine rings is 1. The summed E-state index contributed by atoms with van der Waals surface area (Å²) >= 11 is 0. The van der Waals surface area contributed by atoms with Gasteiger partial charge in [-0.25, -0.2) is 0 Å². The number of aliphatic hydroxyl groups excluding tert-OH is 1. The number of rotatable bonds is 5. The van der Waals surface area contributed by atoms with Crippen molar-refractivity contribution in [3.05, 3.63) is 83.7 Å². The molecule has 0 fully saturated rings. The monoisotopic (exact) mass is 363 g/mol. The molecule has 3 aromatic rings. The van der Waals surface area contributed by atoms with E-state index in [-0.39, 0.29) is 6.61 Å². The van der Waals surface area contributed by atoms with Crippen molar-refractivity contribution in [2.45, 2.75) is 25.7 Å². The Morgan fingerprint density at radius 1 is 1.11 bits per heavy atom. The van der Waals surface area contributed by atoms with Crippen molar-refractivity contribution in [1.29, 1.82) is 0 Å². The van der Waals surface area contributed by atoms with Gasteiger partial charge in [-0.2, -0.15) is 0 Å². The van der Waals surface area contributed by atoms with E-state index in [1.807, 2.05) is 67.6 Å². The lowest BCUT2D eigenvalue weighted by Crippen LogP contribution is -2.35. The molecule has 0 aliphatic carbocycles. The van der Waals surface area contributed by atoms with Crippen molar-refractivity contribution in [3.8, 4) is 17.2 Å². The molecule has 0 radical (unpaired) electrons. The van der Waals surface area contributed by atoms with Gasteiger partial charge in [0.25, 0.3) is 0 Å². The average Bonchev–Trinajstić information content (AvgIpc) is 2.71. The van der Waals surface area contributed by atoms with Gasteiger partial charge < -0.3 is 19.3 Å². The SMILES string of the molecule is Cc1ncccc1O[C@H]1COc2ccc(OCc3ccccc3)cc2[C@H]1O. The Balaban J connectivity index is 1.49. The fourth-order valence-corrected chi connectivity index (χ4v) is 3.04. The lowest BCUT2D eigenvalue weighted by atomic mass is 10.0. The molecule has 138 valence electrons. The number of nitrogens with zero attached hydrogens (tertiary/aromatic N) is 1. The van der Waals surface area contributed by atoms with Crippen LogP contribution >= 0.6 is 0 Å². The first kappa shape index (κ1) is 17.4. The molecule has 1 aliphatic heterocycles. The maximum atomic E-state index is 10.8. The van der Waals surface area contributed by atoms with Crippen molar-refractivity contribution in [1.82, 2.24) is 4.98 Å². The number of hydrogen-bond acceptors (Lipinski definition) is 5. The van der Waals surface area contributed by atoms with Crippen LogP contribution in [-0.2, 0) is 6.61 Å². The van der Waals surface area contributed by atoms with E-state index in [1.165, 1.54) is 0 Å². The summed E-state index contributed by atoms with van der Waals surface area (Å²) in [6.45, 7) is 2.60. The van der Waals surface area contributed by atoms with E-state index in [1.54, 1.807) is 6.20 Å². The van der Waals surface area contributed by atoms with Gasteiger partial charge in [0.15, 0.2) is 6.10 Å². The molecular formula is C22H21NO4. The smallest absolute Gasteiger partial charge is 0.163 e. The summed E-state index contributed by atoms with van der Waals surface area (Å²) in [6, 6.07) is 19.1. The van der Waals surface area contributed by atoms with Gasteiger partial charge in [-0.05, 0) is 42.8 Å². The molecule has 0 saturated carbocycles. The van der Waals surface area contributed by atoms with Crippen LogP contribution in [0, 0.1) is 6.92 Å². The molecule has 1 N–H and O–H groups in total. The summed E-state index contributed by atoms with van der Waals surface area (Å²) in [5.41, 5.74) is 2.52. The average molecular weight is 363 g/mol. The number of fused-ring (bicyclic) bond motifs is 1. The van der Waals surface area contributed by atoms with Crippen LogP contribution in [0.4, 0.5) is 0 Å². The maximum absolute atomic E-state index is 10.8. The first-order chi connectivity index (χ1) is 13.2. The van der Waals surface area contributed by atoms with Crippen LogP contribution in [0.3, 0.4) is 0 Å². The Kier molecular flexibility index (Phi) is 4.94. The first-order valence-electron chi connectivity index (χ1n) is 8.90. The van der Waals surface area contributed by atoms with Gasteiger partial charge in [0.05, 0.1) is 5.69 Å². The number of benzene rings is 2. The van der Waals surface area contributed by atoms with Crippen LogP contribution in [0.1, 0.15) is 22.9 Å². The van der Waals surface area contributed by atoms with Gasteiger partial charge in [0, 0.05) is 11.8 Å². The van der Waals surface area contributed by atoms with E-state index >= 15 is 0 Å². The molecule has 5 heteroatoms. The second-order valence-corrected chi connectivity index (χ2v) is 6.47. The second-order valence-electron chi connectivity index (χ2n) is 6.47. The zero-order valence-electron chi connectivity index (χ0n) is 15.0. The lowest BCUT2D eigenvalue weighted by Gasteiger charge is -2.31. The Morgan fingerprint density at radius 3 is 2.78 bits per heavy atom. The first-order valence-corrected chi connectivity index (χ1v) is 8.90. The topological polar surface area (TPSA) is 60.8 Å². The molecular weight excluding hydrogens is 342 g/mol. The minimum absolute atomic E-state index is 0.271. The predicted octanol–water partition coefficient (Wildman–Crippen LogP) is 3.84. The summed E-state index contributed by atoms with van der Waals surface area (Å²) in [7, 11) is 0. The van der Waals surface area contributed by atoms with Crippen molar-refractivity contribution in [2.75, 3.05) is 6.61 Å². The minimum atomic E-state index is -0.811. The van der Waals surface area contributed by atoms with E-state index in [2.05, 4.69) is 4.98 Å². The third-order valence-electron chi connectivity index (χ3n) is 4.54. The standard InChI is InChI=1S/C22H21NO4/c1-15-19(8-5-11-23-15)27-21-14-26-20-10-9-17(12-18(20)22(21)24)25-13-16-6-3-2-4-7-16/h2-12,21-22,24H,13-14H2,1H3/t21-,22+/m0/s1. The van der Waals surface area contributed by atoms with Crippen molar-refractivity contribution >= 4 is 0 Å². The van der Waals surface area contributed by atoms with Crippen molar-refractivity contribution in [3.63, 3.8) is 0 Å². The summed E-state index contributed by atoms with van der Waals surface area (Å²) in [5, 5.41) is 10.8. The number of ether oxygens (including phenoxy) is 3. The van der Waals surface area contributed by atoms with Crippen molar-refractivity contribution in [2.24, 2.45) is 0 Å². The van der Waals surface area contributed by atoms with Gasteiger partial charge >= 0.3 is 0 Å². The van der Waals surface area contributed by atoms with Crippen LogP contribution < -0.4 is 14.2 Å². The van der Waals surface area contributed by atoms with Gasteiger partial charge in [0.1, 0.15) is 36.6 Å². The highest BCUT2D eigenvalue weighted by Crippen LogP contribution is 2.36. The van der Waals surface area contributed by atoms with E-state index in [9.17, 15) is 5.11 Å². The zero-order valence-corrected chi connectivity index (χ0v) is 15.0. The Labute approximate surface area is 158 Å². The number of aryl methyl sites for hydroxylation is 1. The molecule has 2 heterocycles. The molecule has 4 rings (SSSR count). The highest BCUT2D eigenvalue weighted by molar-refractivity contribution is 5.43. The van der Waals surface area contributed by atoms with E-state index in [0.29, 0.717) is 29.4 Å². The van der Waals surface area contributed by atoms with E-state index in [0.717, 1.165) is 11.3 Å². The highest BCUT2D eigenvalue weighted by Gasteiger charge is 2.32. The molecule has 1 aromatic heterocycles. The van der Waals surface area contributed by atoms with Gasteiger partial charge in [-0.3, -0.25) is 4.98 Å². The van der Waals surface area contributed by atoms with Crippen LogP contribution in [0.25, 0.3) is 0 Å². The Morgan fingerprint density at radius 2 is 1.96 bits per heavy atom. The van der Waals surface area contributed by atoms with Crippen molar-refractivity contribution < 1.29 is 19.3 Å². The maximum Gasteiger partial charge on any atom is 0.163 e. The molecule has 0 amide bonds. The second kappa shape index (κ2) is 7.68. The van der Waals surface area contributed by atoms with Crippen LogP contribution in [0.15, 0.2) is 66.9 Å². The van der Waals surface area contributed by atoms with Crippen LogP contribution in [0.2, 0.25) is 0 Å². The van der Waals surface area contributed by atoms with E-state index in [4.69, 9.17) is 14.2 Å². The van der Waals surface area contributed by atoms with Crippen LogP contribution in [0.5, 0.6) is 17.2 Å². The quantitative estimate of drug-likeness (QED) is 0.746. The molecule has 2 aromatic carbocycles. The molecule has 5 nitrogen and oxygen atoms in total. The number of hydrogen-bond donors (Lipinski definition) is 1. The molecule has 0 unspecified atom stereocenters. The summed E-state index contributed by atoms with van der Waals surface area (Å²) in [4.78, 5) is 4.21. The summed E-state index contributed by atoms with van der Waals surface area (Å²) in [6.07, 6.45) is 0.389. The molecule has 2 atom stereocenters. The van der Waals surface area contributed by atoms with Crippen LogP contribution in [-0.4, -0.2) is 22.8 Å². The molecule has 0 spiro atoms. The van der Waals surface area contributed by atoms with Gasteiger partial charge in [-0.15, -0.1) is 0 Å². The van der Waals surface area contributed by atoms with Gasteiger partial charge in [-0.1, -0.05) is 30.3 Å². The summed E-state index contributed by atoms with van der Waals surface area (Å²) in [5.74, 6) is 1.97. The van der Waals surface area contributed by atoms with Gasteiger partial charge in [0.2, 0.25) is 0 Å². The zero-order chi connectivity index (χ0) is 18.6. The van der Waals surface area contributed by atoms with E-state index < -0.39 is 12.2 Å². The molecule has 1 aliphatic rings. The Bertz CT molecular complexity index is 913. The largest absolute Gasteiger partial charge is 0.489 e. The molecule has 0 bridgehead atoms. The number of aliphatic hydroxyl groups is 1. The molecule has 27 heavy (non-hydrogen) atoms. The molecule has 0 saturated heterocycles. The lowest BCUT2D eigenvalue weighted by molar-refractivity contribution is -0.0109.